The smallest absolute Gasteiger partial charge is 0.393 e. The lowest BCUT2D eigenvalue weighted by Crippen LogP contribution is -2.59. The number of ether oxygens (including phenoxy) is 1. The monoisotopic (exact) mass is 114 g/mol. The summed E-state index contributed by atoms with van der Waals surface area (Å²) >= 11 is 0. The van der Waals surface area contributed by atoms with Gasteiger partial charge in [0.1, 0.15) is 0 Å². The van der Waals surface area contributed by atoms with Crippen molar-refractivity contribution in [3.63, 3.8) is 0 Å². The van der Waals surface area contributed by atoms with Gasteiger partial charge in [0.05, 0.1) is 18.8 Å². The fourth-order valence-electron chi connectivity index (χ4n) is 0.647. The molecule has 0 spiro atoms. The van der Waals surface area contributed by atoms with Crippen molar-refractivity contribution in [3.05, 3.63) is 0 Å². The summed E-state index contributed by atoms with van der Waals surface area (Å²) in [6.45, 7) is 3.36. The van der Waals surface area contributed by atoms with E-state index < -0.39 is 0 Å². The van der Waals surface area contributed by atoms with Crippen LogP contribution in [-0.2, 0) is 4.74 Å². The van der Waals surface area contributed by atoms with Crippen LogP contribution >= 0.6 is 0 Å². The van der Waals surface area contributed by atoms with Crippen molar-refractivity contribution >= 4 is 7.62 Å². The van der Waals surface area contributed by atoms with Gasteiger partial charge < -0.3 is 15.0 Å². The summed E-state index contributed by atoms with van der Waals surface area (Å²) in [5.41, 5.74) is -0.00521. The highest BCUT2D eigenvalue weighted by Gasteiger charge is 2.32. The molecule has 1 radical (unpaired) electrons. The summed E-state index contributed by atoms with van der Waals surface area (Å²) in [6.07, 6.45) is 0. The van der Waals surface area contributed by atoms with Crippen LogP contribution in [0.3, 0.4) is 0 Å². The molecule has 1 fully saturated rings. The molecule has 0 amide bonds. The lowest BCUT2D eigenvalue weighted by Gasteiger charge is -2.38. The van der Waals surface area contributed by atoms with Crippen molar-refractivity contribution in [2.75, 3.05) is 13.2 Å². The molecule has 0 aliphatic carbocycles. The second kappa shape index (κ2) is 2.05. The first-order valence-electron chi connectivity index (χ1n) is 2.58. The van der Waals surface area contributed by atoms with Gasteiger partial charge in [-0.15, -0.1) is 0 Å². The van der Waals surface area contributed by atoms with Gasteiger partial charge in [0.15, 0.2) is 0 Å². The van der Waals surface area contributed by atoms with E-state index in [4.69, 9.17) is 9.76 Å². The average molecular weight is 114 g/mol. The summed E-state index contributed by atoms with van der Waals surface area (Å²) in [6, 6.07) is 0. The van der Waals surface area contributed by atoms with Crippen molar-refractivity contribution in [1.82, 2.24) is 5.23 Å². The highest BCUT2D eigenvalue weighted by atomic mass is 16.5. The van der Waals surface area contributed by atoms with Crippen molar-refractivity contribution in [2.24, 2.45) is 0 Å². The van der Waals surface area contributed by atoms with Gasteiger partial charge >= 0.3 is 7.62 Å². The molecule has 1 heterocycles. The zero-order valence-corrected chi connectivity index (χ0v) is 4.85. The molecule has 45 valence electrons. The maximum atomic E-state index is 8.28. The summed E-state index contributed by atoms with van der Waals surface area (Å²) in [4.78, 5) is 0. The van der Waals surface area contributed by atoms with E-state index in [9.17, 15) is 0 Å². The molecule has 1 saturated heterocycles. The van der Waals surface area contributed by atoms with Gasteiger partial charge in [-0.05, 0) is 6.92 Å². The molecule has 0 unspecified atom stereocenters. The molecule has 3 nitrogen and oxygen atoms in total. The van der Waals surface area contributed by atoms with Crippen molar-refractivity contribution in [3.8, 4) is 0 Å². The van der Waals surface area contributed by atoms with E-state index in [1.807, 2.05) is 6.92 Å². The summed E-state index contributed by atoms with van der Waals surface area (Å²) in [5.74, 6) is 0. The van der Waals surface area contributed by atoms with Crippen LogP contribution in [0.5, 0.6) is 0 Å². The second-order valence-corrected chi connectivity index (χ2v) is 2.33. The summed E-state index contributed by atoms with van der Waals surface area (Å²) in [7, 11) is 0.961. The molecule has 0 aromatic carbocycles. The predicted molar refractivity (Wildman–Crippen MR) is 30.3 cm³/mol. The van der Waals surface area contributed by atoms with E-state index in [0.717, 1.165) is 7.62 Å². The highest BCUT2D eigenvalue weighted by molar-refractivity contribution is 6.21. The molecule has 0 aromatic heterocycles. The second-order valence-electron chi connectivity index (χ2n) is 2.33. The van der Waals surface area contributed by atoms with E-state index in [2.05, 4.69) is 5.23 Å². The molecule has 0 saturated carbocycles. The van der Waals surface area contributed by atoms with E-state index >= 15 is 0 Å². The first-order valence-corrected chi connectivity index (χ1v) is 2.58. The Morgan fingerprint density at radius 2 is 2.38 bits per heavy atom. The van der Waals surface area contributed by atoms with E-state index in [0.29, 0.717) is 13.2 Å². The molecule has 1 aliphatic rings. The van der Waals surface area contributed by atoms with Crippen molar-refractivity contribution in [1.29, 1.82) is 0 Å². The topological polar surface area (TPSA) is 41.5 Å². The van der Waals surface area contributed by atoms with Crippen molar-refractivity contribution < 1.29 is 9.76 Å². The van der Waals surface area contributed by atoms with Crippen LogP contribution in [0, 0.1) is 0 Å². The number of hydrogen-bond donors (Lipinski definition) is 2. The minimum Gasteiger partial charge on any atom is -0.440 e. The Morgan fingerprint density at radius 3 is 2.50 bits per heavy atom. The minimum absolute atomic E-state index is 0.00521. The van der Waals surface area contributed by atoms with E-state index in [1.54, 1.807) is 0 Å². The third-order valence-electron chi connectivity index (χ3n) is 1.25. The van der Waals surface area contributed by atoms with E-state index in [-0.39, 0.29) is 5.54 Å². The Morgan fingerprint density at radius 1 is 1.75 bits per heavy atom. The third-order valence-corrected chi connectivity index (χ3v) is 1.25. The normalized spacial score (nSPS) is 24.2. The number of hydrogen-bond acceptors (Lipinski definition) is 3. The molecule has 1 rings (SSSR count). The van der Waals surface area contributed by atoms with Crippen LogP contribution < -0.4 is 5.23 Å². The van der Waals surface area contributed by atoms with Gasteiger partial charge in [-0.25, -0.2) is 0 Å². The van der Waals surface area contributed by atoms with Crippen LogP contribution in [0.25, 0.3) is 0 Å². The third kappa shape index (κ3) is 1.02. The fraction of sp³-hybridized carbons (Fsp3) is 1.00. The maximum Gasteiger partial charge on any atom is 0.393 e. The van der Waals surface area contributed by atoms with Crippen LogP contribution in [-0.4, -0.2) is 31.4 Å². The zero-order valence-electron chi connectivity index (χ0n) is 4.85. The Bertz CT molecular complexity index is 84.1. The molecular weight excluding hydrogens is 105 g/mol. The Hall–Kier alpha value is -0.0551. The molecule has 0 atom stereocenters. The van der Waals surface area contributed by atoms with Gasteiger partial charge in [-0.1, -0.05) is 0 Å². The molecule has 1 aliphatic heterocycles. The highest BCUT2D eigenvalue weighted by Crippen LogP contribution is 2.13. The first-order chi connectivity index (χ1) is 3.77. The average Bonchev–Trinajstić information content (AvgIpc) is 1.64. The molecule has 0 bridgehead atoms. The van der Waals surface area contributed by atoms with Crippen LogP contribution in [0.2, 0.25) is 0 Å². The fourth-order valence-corrected chi connectivity index (χ4v) is 0.647. The number of rotatable bonds is 2. The van der Waals surface area contributed by atoms with Gasteiger partial charge in [-0.3, -0.25) is 0 Å². The maximum absolute atomic E-state index is 8.28. The van der Waals surface area contributed by atoms with Crippen molar-refractivity contribution in [2.45, 2.75) is 12.5 Å². The largest absolute Gasteiger partial charge is 0.440 e. The number of nitrogens with one attached hydrogen (secondary N) is 1. The lowest BCUT2D eigenvalue weighted by atomic mass is 9.97. The zero-order chi connectivity index (χ0) is 6.04. The molecule has 4 heteroatoms. The Balaban J connectivity index is 2.20. The standard InChI is InChI=1S/C4H9BNO2/c1-4(6-5-7)2-8-3-4/h6-7H,2-3H2,1H3. The summed E-state index contributed by atoms with van der Waals surface area (Å²) in [5, 5.41) is 11.0. The lowest BCUT2D eigenvalue weighted by molar-refractivity contribution is -0.0539. The first kappa shape index (κ1) is 6.07. The van der Waals surface area contributed by atoms with Crippen LogP contribution in [0.4, 0.5) is 0 Å². The quantitative estimate of drug-likeness (QED) is 0.447. The van der Waals surface area contributed by atoms with Gasteiger partial charge in [0.2, 0.25) is 0 Å². The SMILES string of the molecule is CC1(N[B]O)COC1. The molecule has 0 aromatic rings. The van der Waals surface area contributed by atoms with Crippen LogP contribution in [0.15, 0.2) is 0 Å². The minimum atomic E-state index is -0.00521. The molecule has 2 N–H and O–H groups in total. The predicted octanol–water partition coefficient (Wildman–Crippen LogP) is -1.11. The molecule has 8 heavy (non-hydrogen) atoms. The molecular formula is C4H9BNO2. The Kier molecular flexibility index (Phi) is 1.55. The van der Waals surface area contributed by atoms with Gasteiger partial charge in [0, 0.05) is 0 Å². The van der Waals surface area contributed by atoms with Gasteiger partial charge in [-0.2, -0.15) is 0 Å². The van der Waals surface area contributed by atoms with Gasteiger partial charge in [0.25, 0.3) is 0 Å². The van der Waals surface area contributed by atoms with E-state index in [1.165, 1.54) is 0 Å². The summed E-state index contributed by atoms with van der Waals surface area (Å²) < 4.78 is 4.90. The Labute approximate surface area is 49.3 Å². The van der Waals surface area contributed by atoms with Crippen LogP contribution in [0.1, 0.15) is 6.92 Å².